The topological polar surface area (TPSA) is 75.7 Å². The maximum absolute atomic E-state index is 12.1. The van der Waals surface area contributed by atoms with Crippen molar-refractivity contribution < 1.29 is 19.1 Å². The summed E-state index contributed by atoms with van der Waals surface area (Å²) in [6, 6.07) is 6.89. The van der Waals surface area contributed by atoms with Gasteiger partial charge in [0.1, 0.15) is 5.75 Å². The van der Waals surface area contributed by atoms with Gasteiger partial charge in [-0.3, -0.25) is 14.4 Å². The van der Waals surface area contributed by atoms with E-state index in [-0.39, 0.29) is 37.0 Å². The Morgan fingerprint density at radius 1 is 1.23 bits per heavy atom. The minimum atomic E-state index is -0.158. The van der Waals surface area contributed by atoms with Crippen molar-refractivity contribution in [3.63, 3.8) is 0 Å². The molecule has 22 heavy (non-hydrogen) atoms. The number of piperazine rings is 1. The molecule has 118 valence electrons. The summed E-state index contributed by atoms with van der Waals surface area (Å²) in [5, 5.41) is 2.66. The number of nitrogens with one attached hydrogen (secondary N) is 1. The molecule has 0 atom stereocenters. The highest BCUT2D eigenvalue weighted by molar-refractivity contribution is 5.98. The lowest BCUT2D eigenvalue weighted by Gasteiger charge is -2.26. The molecule has 2 amide bonds. The third-order valence-corrected chi connectivity index (χ3v) is 3.44. The number of nitrogens with zero attached hydrogens (tertiary/aromatic N) is 1. The molecule has 0 radical (unpaired) electrons. The maximum atomic E-state index is 12.1. The minimum absolute atomic E-state index is 0.0794. The van der Waals surface area contributed by atoms with E-state index in [4.69, 9.17) is 4.74 Å². The summed E-state index contributed by atoms with van der Waals surface area (Å²) >= 11 is 0. The van der Waals surface area contributed by atoms with Crippen molar-refractivity contribution in [3.8, 4) is 5.75 Å². The third-order valence-electron chi connectivity index (χ3n) is 3.44. The van der Waals surface area contributed by atoms with Crippen LogP contribution in [0.3, 0.4) is 0 Å². The molecule has 6 nitrogen and oxygen atoms in total. The monoisotopic (exact) mass is 304 g/mol. The quantitative estimate of drug-likeness (QED) is 0.796. The van der Waals surface area contributed by atoms with E-state index < -0.39 is 0 Å². The largest absolute Gasteiger partial charge is 0.494 e. The second-order valence-corrected chi connectivity index (χ2v) is 5.05. The second kappa shape index (κ2) is 7.59. The molecular weight excluding hydrogens is 284 g/mol. The van der Waals surface area contributed by atoms with Gasteiger partial charge in [-0.05, 0) is 31.2 Å². The van der Waals surface area contributed by atoms with E-state index in [2.05, 4.69) is 5.32 Å². The van der Waals surface area contributed by atoms with E-state index in [0.29, 0.717) is 25.3 Å². The minimum Gasteiger partial charge on any atom is -0.494 e. The number of rotatable bonds is 6. The van der Waals surface area contributed by atoms with Gasteiger partial charge in [-0.15, -0.1) is 0 Å². The molecule has 0 unspecified atom stereocenters. The predicted molar refractivity (Wildman–Crippen MR) is 80.8 cm³/mol. The highest BCUT2D eigenvalue weighted by Gasteiger charge is 2.21. The maximum Gasteiger partial charge on any atom is 0.239 e. The van der Waals surface area contributed by atoms with Gasteiger partial charge in [0.15, 0.2) is 5.78 Å². The van der Waals surface area contributed by atoms with Gasteiger partial charge in [-0.1, -0.05) is 0 Å². The van der Waals surface area contributed by atoms with Crippen LogP contribution in [0.5, 0.6) is 5.75 Å². The first kappa shape index (κ1) is 16.0. The molecule has 0 spiro atoms. The molecule has 6 heteroatoms. The molecule has 0 bridgehead atoms. The molecule has 1 aromatic carbocycles. The smallest absolute Gasteiger partial charge is 0.239 e. The third kappa shape index (κ3) is 4.31. The molecule has 0 saturated carbocycles. The SMILES string of the molecule is CCOc1ccc(C(=O)CCC(=O)N2CCNC(=O)C2)cc1. The van der Waals surface area contributed by atoms with Gasteiger partial charge in [-0.2, -0.15) is 0 Å². The molecular formula is C16H20N2O4. The number of amides is 2. The molecule has 1 N–H and O–H groups in total. The van der Waals surface area contributed by atoms with Gasteiger partial charge < -0.3 is 15.0 Å². The lowest BCUT2D eigenvalue weighted by atomic mass is 10.1. The summed E-state index contributed by atoms with van der Waals surface area (Å²) in [7, 11) is 0. The Labute approximate surface area is 129 Å². The lowest BCUT2D eigenvalue weighted by molar-refractivity contribution is -0.138. The van der Waals surface area contributed by atoms with Crippen LogP contribution in [-0.2, 0) is 9.59 Å². The van der Waals surface area contributed by atoms with Crippen LogP contribution in [0.25, 0.3) is 0 Å². The van der Waals surface area contributed by atoms with Gasteiger partial charge in [0.2, 0.25) is 11.8 Å². The summed E-state index contributed by atoms with van der Waals surface area (Å²) in [6.45, 7) is 3.52. The van der Waals surface area contributed by atoms with Crippen LogP contribution in [0.1, 0.15) is 30.1 Å². The van der Waals surface area contributed by atoms with Crippen LogP contribution < -0.4 is 10.1 Å². The Morgan fingerprint density at radius 2 is 1.95 bits per heavy atom. The number of ether oxygens (including phenoxy) is 1. The van der Waals surface area contributed by atoms with Crippen molar-refractivity contribution in [3.05, 3.63) is 29.8 Å². The number of benzene rings is 1. The zero-order chi connectivity index (χ0) is 15.9. The molecule has 0 aromatic heterocycles. The van der Waals surface area contributed by atoms with Crippen LogP contribution >= 0.6 is 0 Å². The Balaban J connectivity index is 1.84. The number of ketones is 1. The highest BCUT2D eigenvalue weighted by atomic mass is 16.5. The summed E-state index contributed by atoms with van der Waals surface area (Å²) in [5.74, 6) is 0.318. The Morgan fingerprint density at radius 3 is 2.59 bits per heavy atom. The first-order valence-electron chi connectivity index (χ1n) is 7.40. The van der Waals surface area contributed by atoms with Crippen molar-refractivity contribution in [2.75, 3.05) is 26.2 Å². The van der Waals surface area contributed by atoms with E-state index in [9.17, 15) is 14.4 Å². The summed E-state index contributed by atoms with van der Waals surface area (Å²) in [5.41, 5.74) is 0.563. The van der Waals surface area contributed by atoms with Crippen molar-refractivity contribution >= 4 is 17.6 Å². The van der Waals surface area contributed by atoms with Gasteiger partial charge in [-0.25, -0.2) is 0 Å². The Hall–Kier alpha value is -2.37. The molecule has 1 aromatic rings. The molecule has 0 aliphatic carbocycles. The van der Waals surface area contributed by atoms with Crippen molar-refractivity contribution in [1.29, 1.82) is 0 Å². The number of Topliss-reactive ketones (excluding diaryl/α,β-unsaturated/α-hetero) is 1. The number of hydrogen-bond donors (Lipinski definition) is 1. The standard InChI is InChI=1S/C16H20N2O4/c1-2-22-13-5-3-12(4-6-13)14(19)7-8-16(21)18-10-9-17-15(20)11-18/h3-6H,2,7-11H2,1H3,(H,17,20). The highest BCUT2D eigenvalue weighted by Crippen LogP contribution is 2.14. The van der Waals surface area contributed by atoms with Crippen LogP contribution in [-0.4, -0.2) is 48.7 Å². The van der Waals surface area contributed by atoms with E-state index in [1.165, 1.54) is 4.90 Å². The van der Waals surface area contributed by atoms with E-state index >= 15 is 0 Å². The fourth-order valence-electron chi connectivity index (χ4n) is 2.28. The van der Waals surface area contributed by atoms with Crippen molar-refractivity contribution in [2.24, 2.45) is 0 Å². The van der Waals surface area contributed by atoms with Gasteiger partial charge >= 0.3 is 0 Å². The van der Waals surface area contributed by atoms with Crippen LogP contribution in [0.15, 0.2) is 24.3 Å². The fraction of sp³-hybridized carbons (Fsp3) is 0.438. The zero-order valence-corrected chi connectivity index (χ0v) is 12.6. The van der Waals surface area contributed by atoms with Crippen molar-refractivity contribution in [2.45, 2.75) is 19.8 Å². The van der Waals surface area contributed by atoms with Gasteiger partial charge in [0.05, 0.1) is 13.2 Å². The summed E-state index contributed by atoms with van der Waals surface area (Å²) < 4.78 is 5.32. The summed E-state index contributed by atoms with van der Waals surface area (Å²) in [6.07, 6.45) is 0.268. The fourth-order valence-corrected chi connectivity index (χ4v) is 2.28. The molecule has 2 rings (SSSR count). The van der Waals surface area contributed by atoms with E-state index in [1.54, 1.807) is 24.3 Å². The molecule has 1 aliphatic rings. The number of hydrogen-bond acceptors (Lipinski definition) is 4. The van der Waals surface area contributed by atoms with Crippen LogP contribution in [0.4, 0.5) is 0 Å². The second-order valence-electron chi connectivity index (χ2n) is 5.05. The lowest BCUT2D eigenvalue weighted by Crippen LogP contribution is -2.50. The molecule has 1 saturated heterocycles. The molecule has 1 fully saturated rings. The first-order chi connectivity index (χ1) is 10.6. The normalized spacial score (nSPS) is 14.4. The van der Waals surface area contributed by atoms with E-state index in [1.807, 2.05) is 6.92 Å². The van der Waals surface area contributed by atoms with E-state index in [0.717, 1.165) is 5.75 Å². The number of carbonyl (C=O) groups is 3. The first-order valence-corrected chi connectivity index (χ1v) is 7.40. The van der Waals surface area contributed by atoms with Gasteiger partial charge in [0, 0.05) is 31.5 Å². The van der Waals surface area contributed by atoms with Crippen LogP contribution in [0, 0.1) is 0 Å². The Bertz CT molecular complexity index is 554. The molecule has 1 aliphatic heterocycles. The van der Waals surface area contributed by atoms with Gasteiger partial charge in [0.25, 0.3) is 0 Å². The Kier molecular flexibility index (Phi) is 5.52. The van der Waals surface area contributed by atoms with Crippen LogP contribution in [0.2, 0.25) is 0 Å². The molecule has 1 heterocycles. The summed E-state index contributed by atoms with van der Waals surface area (Å²) in [4.78, 5) is 36.8. The van der Waals surface area contributed by atoms with Crippen molar-refractivity contribution in [1.82, 2.24) is 10.2 Å². The zero-order valence-electron chi connectivity index (χ0n) is 12.6. The average molecular weight is 304 g/mol. The average Bonchev–Trinajstić information content (AvgIpc) is 2.53. The predicted octanol–water partition coefficient (Wildman–Crippen LogP) is 1.01. The number of carbonyl (C=O) groups excluding carboxylic acids is 3.